The average molecular weight is 379 g/mol. The topological polar surface area (TPSA) is 68.3 Å². The van der Waals surface area contributed by atoms with E-state index < -0.39 is 33.0 Å². The van der Waals surface area contributed by atoms with Crippen LogP contribution in [0.4, 0.5) is 24.7 Å². The highest BCUT2D eigenvalue weighted by molar-refractivity contribution is 7.86. The van der Waals surface area contributed by atoms with Crippen molar-refractivity contribution in [1.82, 2.24) is 4.98 Å². The van der Waals surface area contributed by atoms with Gasteiger partial charge < -0.3 is 5.32 Å². The number of aromatic nitrogens is 1. The van der Waals surface area contributed by atoms with E-state index in [1.54, 1.807) is 0 Å². The van der Waals surface area contributed by atoms with Crippen molar-refractivity contribution in [2.45, 2.75) is 11.8 Å². The number of nitrogens with zero attached hydrogens (tertiary/aromatic N) is 1. The monoisotopic (exact) mass is 378 g/mol. The minimum absolute atomic E-state index is 0.00609. The van der Waals surface area contributed by atoms with E-state index in [1.807, 2.05) is 0 Å². The molecule has 1 aliphatic heterocycles. The highest BCUT2D eigenvalue weighted by atomic mass is 35.5. The number of pyridine rings is 1. The molecular formula is C14H10ClF3N2O3S. The molecule has 1 N–H and O–H groups in total. The van der Waals surface area contributed by atoms with Gasteiger partial charge in [0.15, 0.2) is 0 Å². The Morgan fingerprint density at radius 2 is 1.96 bits per heavy atom. The Hall–Kier alpha value is -1.84. The number of hydrogen-bond donors (Lipinski definition) is 1. The molecule has 3 rings (SSSR count). The molecule has 1 atom stereocenters. The molecule has 1 unspecified atom stereocenters. The molecule has 24 heavy (non-hydrogen) atoms. The van der Waals surface area contributed by atoms with Crippen molar-refractivity contribution in [3.63, 3.8) is 0 Å². The van der Waals surface area contributed by atoms with Crippen molar-refractivity contribution < 1.29 is 25.8 Å². The van der Waals surface area contributed by atoms with Crippen LogP contribution in [-0.4, -0.2) is 25.8 Å². The number of anilines is 2. The maximum absolute atomic E-state index is 14.1. The van der Waals surface area contributed by atoms with E-state index in [1.165, 1.54) is 24.4 Å². The van der Waals surface area contributed by atoms with E-state index >= 15 is 0 Å². The SMILES string of the molecule is CS(=O)(=O)OC1(C(F)(F)F)c2cc(Cl)ccc2Nc2ncccc21. The summed E-state index contributed by atoms with van der Waals surface area (Å²) in [6, 6.07) is 6.09. The van der Waals surface area contributed by atoms with Crippen LogP contribution in [0.3, 0.4) is 0 Å². The molecule has 2 heterocycles. The molecular weight excluding hydrogens is 369 g/mol. The molecule has 0 radical (unpaired) electrons. The number of alkyl halides is 3. The fourth-order valence-corrected chi connectivity index (χ4v) is 3.55. The summed E-state index contributed by atoms with van der Waals surface area (Å²) < 4.78 is 70.4. The summed E-state index contributed by atoms with van der Waals surface area (Å²) in [5.41, 5.74) is -4.15. The van der Waals surface area contributed by atoms with Crippen molar-refractivity contribution >= 4 is 33.2 Å². The third kappa shape index (κ3) is 2.62. The fourth-order valence-electron chi connectivity index (χ4n) is 2.65. The minimum Gasteiger partial charge on any atom is -0.340 e. The van der Waals surface area contributed by atoms with Crippen molar-refractivity contribution in [3.8, 4) is 0 Å². The van der Waals surface area contributed by atoms with Gasteiger partial charge in [0, 0.05) is 28.0 Å². The van der Waals surface area contributed by atoms with Gasteiger partial charge >= 0.3 is 6.18 Å². The van der Waals surface area contributed by atoms with Gasteiger partial charge in [0.2, 0.25) is 5.60 Å². The molecule has 2 aromatic rings. The number of hydrogen-bond acceptors (Lipinski definition) is 5. The van der Waals surface area contributed by atoms with Gasteiger partial charge in [-0.1, -0.05) is 17.7 Å². The zero-order valence-electron chi connectivity index (χ0n) is 12.1. The lowest BCUT2D eigenvalue weighted by molar-refractivity contribution is -0.236. The first-order valence-corrected chi connectivity index (χ1v) is 8.74. The average Bonchev–Trinajstić information content (AvgIpc) is 2.45. The molecule has 0 spiro atoms. The highest BCUT2D eigenvalue weighted by Gasteiger charge is 2.64. The summed E-state index contributed by atoms with van der Waals surface area (Å²) in [5, 5.41) is 2.74. The largest absolute Gasteiger partial charge is 0.427 e. The van der Waals surface area contributed by atoms with Crippen LogP contribution in [-0.2, 0) is 19.9 Å². The van der Waals surface area contributed by atoms with Crippen LogP contribution in [0.25, 0.3) is 0 Å². The lowest BCUT2D eigenvalue weighted by Crippen LogP contribution is -2.49. The van der Waals surface area contributed by atoms with Gasteiger partial charge in [-0.2, -0.15) is 21.6 Å². The molecule has 1 aliphatic rings. The first-order valence-electron chi connectivity index (χ1n) is 6.54. The van der Waals surface area contributed by atoms with E-state index in [9.17, 15) is 21.6 Å². The molecule has 0 saturated carbocycles. The summed E-state index contributed by atoms with van der Waals surface area (Å²) >= 11 is 5.84. The van der Waals surface area contributed by atoms with Crippen LogP contribution in [0, 0.1) is 0 Å². The number of fused-ring (bicyclic) bond motifs is 2. The third-order valence-electron chi connectivity index (χ3n) is 3.48. The standard InChI is InChI=1S/C14H10ClF3N2O3S/c1-24(21,22)23-13(14(16,17)18)9-3-2-6-19-12(9)20-11-5-4-8(15)7-10(11)13/h2-7H,1H3,(H,19,20). The fraction of sp³-hybridized carbons (Fsp3) is 0.214. The van der Waals surface area contributed by atoms with Crippen LogP contribution in [0.1, 0.15) is 11.1 Å². The predicted octanol–water partition coefficient (Wildman–Crippen LogP) is 3.57. The van der Waals surface area contributed by atoms with E-state index in [0.29, 0.717) is 6.26 Å². The Labute approximate surface area is 140 Å². The second-order valence-corrected chi connectivity index (χ2v) is 7.19. The summed E-state index contributed by atoms with van der Waals surface area (Å²) in [6.07, 6.45) is -3.24. The zero-order valence-corrected chi connectivity index (χ0v) is 13.6. The Morgan fingerprint density at radius 3 is 2.58 bits per heavy atom. The lowest BCUT2D eigenvalue weighted by atomic mass is 9.82. The Bertz CT molecular complexity index is 918. The van der Waals surface area contributed by atoms with Crippen molar-refractivity contribution in [3.05, 3.63) is 52.7 Å². The van der Waals surface area contributed by atoms with Crippen LogP contribution in [0.2, 0.25) is 5.02 Å². The van der Waals surface area contributed by atoms with Gasteiger partial charge in [-0.3, -0.25) is 0 Å². The molecule has 0 aliphatic carbocycles. The molecule has 5 nitrogen and oxygen atoms in total. The number of benzene rings is 1. The van der Waals surface area contributed by atoms with Gasteiger partial charge in [-0.25, -0.2) is 9.17 Å². The normalized spacial score (nSPS) is 20.0. The van der Waals surface area contributed by atoms with Crippen LogP contribution >= 0.6 is 11.6 Å². The molecule has 0 amide bonds. The lowest BCUT2D eigenvalue weighted by Gasteiger charge is -2.40. The molecule has 10 heteroatoms. The van der Waals surface area contributed by atoms with Crippen molar-refractivity contribution in [1.29, 1.82) is 0 Å². The maximum Gasteiger partial charge on any atom is 0.427 e. The van der Waals surface area contributed by atoms with Crippen LogP contribution < -0.4 is 5.32 Å². The first kappa shape index (κ1) is 17.0. The van der Waals surface area contributed by atoms with Gasteiger partial charge in [0.1, 0.15) is 5.82 Å². The molecule has 0 saturated heterocycles. The van der Waals surface area contributed by atoms with E-state index in [-0.39, 0.29) is 16.5 Å². The Kier molecular flexibility index (Phi) is 3.78. The van der Waals surface area contributed by atoms with E-state index in [4.69, 9.17) is 11.6 Å². The molecule has 1 aromatic heterocycles. The summed E-state index contributed by atoms with van der Waals surface area (Å²) in [7, 11) is -4.48. The van der Waals surface area contributed by atoms with Gasteiger partial charge in [-0.15, -0.1) is 0 Å². The minimum atomic E-state index is -5.09. The van der Waals surface area contributed by atoms with Crippen LogP contribution in [0.15, 0.2) is 36.5 Å². The van der Waals surface area contributed by atoms with E-state index in [2.05, 4.69) is 14.5 Å². The van der Waals surface area contributed by atoms with Gasteiger partial charge in [0.25, 0.3) is 10.1 Å². The molecule has 0 fully saturated rings. The highest BCUT2D eigenvalue weighted by Crippen LogP contribution is 2.55. The second-order valence-electron chi connectivity index (χ2n) is 5.18. The number of nitrogens with one attached hydrogen (secondary N) is 1. The second kappa shape index (κ2) is 5.33. The van der Waals surface area contributed by atoms with Gasteiger partial charge in [0.05, 0.1) is 6.26 Å². The first-order chi connectivity index (χ1) is 11.0. The molecule has 1 aromatic carbocycles. The van der Waals surface area contributed by atoms with E-state index in [0.717, 1.165) is 12.1 Å². The quantitative estimate of drug-likeness (QED) is 0.809. The summed E-state index contributed by atoms with van der Waals surface area (Å²) in [6.45, 7) is 0. The Morgan fingerprint density at radius 1 is 1.25 bits per heavy atom. The van der Waals surface area contributed by atoms with Crippen molar-refractivity contribution in [2.24, 2.45) is 0 Å². The predicted molar refractivity (Wildman–Crippen MR) is 81.7 cm³/mol. The maximum atomic E-state index is 14.1. The smallest absolute Gasteiger partial charge is 0.340 e. The summed E-state index contributed by atoms with van der Waals surface area (Å²) in [5.74, 6) is -0.145. The Balaban J connectivity index is 2.44. The summed E-state index contributed by atoms with van der Waals surface area (Å²) in [4.78, 5) is 3.86. The van der Waals surface area contributed by atoms with Crippen molar-refractivity contribution in [2.75, 3.05) is 11.6 Å². The number of rotatable bonds is 2. The number of halogens is 4. The van der Waals surface area contributed by atoms with Gasteiger partial charge in [-0.05, 0) is 24.3 Å². The molecule has 0 bridgehead atoms. The molecule has 128 valence electrons. The van der Waals surface area contributed by atoms with Crippen LogP contribution in [0.5, 0.6) is 0 Å². The third-order valence-corrected chi connectivity index (χ3v) is 4.26. The zero-order chi connectivity index (χ0) is 17.8.